The number of nitrogens with zero attached hydrogens (tertiary/aromatic N) is 1. The van der Waals surface area contributed by atoms with Crippen LogP contribution in [0.1, 0.15) is 35.2 Å². The Bertz CT molecular complexity index is 1180. The third kappa shape index (κ3) is 5.13. The van der Waals surface area contributed by atoms with E-state index in [0.717, 1.165) is 47.8 Å². The maximum Gasteiger partial charge on any atom is 0.255 e. The molecule has 2 aliphatic heterocycles. The molecule has 2 amide bonds. The van der Waals surface area contributed by atoms with E-state index in [4.69, 9.17) is 4.74 Å². The molecule has 0 bridgehead atoms. The number of ether oxygens (including phenoxy) is 1. The van der Waals surface area contributed by atoms with Gasteiger partial charge in [0.05, 0.1) is 6.42 Å². The molecule has 3 aromatic rings. The number of nitrogens with one attached hydrogen (secondary N) is 2. The average Bonchev–Trinajstić information content (AvgIpc) is 3.25. The number of piperidine rings is 1. The number of likely N-dealkylation sites (tertiary alicyclic amines) is 1. The van der Waals surface area contributed by atoms with Gasteiger partial charge < -0.3 is 15.4 Å². The molecule has 2 N–H and O–H groups in total. The third-order valence-corrected chi connectivity index (χ3v) is 6.46. The number of rotatable bonds is 7. The van der Waals surface area contributed by atoms with E-state index in [0.29, 0.717) is 24.3 Å². The zero-order chi connectivity index (χ0) is 23.3. The Morgan fingerprint density at radius 3 is 2.59 bits per heavy atom. The molecule has 2 aliphatic rings. The first kappa shape index (κ1) is 22.2. The Morgan fingerprint density at radius 1 is 0.971 bits per heavy atom. The van der Waals surface area contributed by atoms with Gasteiger partial charge in [-0.05, 0) is 85.1 Å². The summed E-state index contributed by atoms with van der Waals surface area (Å²) in [5.74, 6) is 0.606. The van der Waals surface area contributed by atoms with E-state index < -0.39 is 0 Å². The van der Waals surface area contributed by atoms with Crippen LogP contribution in [-0.4, -0.2) is 43.0 Å². The fourth-order valence-corrected chi connectivity index (χ4v) is 4.67. The zero-order valence-electron chi connectivity index (χ0n) is 19.2. The minimum absolute atomic E-state index is 0.00540. The molecule has 0 unspecified atom stereocenters. The molecule has 1 saturated heterocycles. The molecule has 34 heavy (non-hydrogen) atoms. The maximum absolute atomic E-state index is 12.8. The van der Waals surface area contributed by atoms with Crippen molar-refractivity contribution in [1.29, 1.82) is 0 Å². The first-order valence-electron chi connectivity index (χ1n) is 11.9. The van der Waals surface area contributed by atoms with Crippen molar-refractivity contribution in [2.24, 2.45) is 0 Å². The van der Waals surface area contributed by atoms with Gasteiger partial charge in [-0.3, -0.25) is 14.5 Å². The van der Waals surface area contributed by atoms with Crippen LogP contribution >= 0.6 is 0 Å². The molecule has 3 aromatic carbocycles. The third-order valence-electron chi connectivity index (χ3n) is 6.46. The summed E-state index contributed by atoms with van der Waals surface area (Å²) in [4.78, 5) is 27.1. The standard InChI is InChI=1S/C28H29N3O3/c32-27-19-25-24(8-5-9-26(25)30-27)21-6-4-7-22(18-21)29-28(33)20-10-12-23(13-11-20)34-17-16-31-14-2-1-3-15-31/h4-13,18H,1-3,14-17,19H2,(H,29,33)(H,30,32). The predicted molar refractivity (Wildman–Crippen MR) is 134 cm³/mol. The molecule has 0 spiro atoms. The highest BCUT2D eigenvalue weighted by molar-refractivity contribution is 6.05. The summed E-state index contributed by atoms with van der Waals surface area (Å²) < 4.78 is 5.87. The minimum Gasteiger partial charge on any atom is -0.492 e. The molecule has 2 heterocycles. The van der Waals surface area contributed by atoms with E-state index >= 15 is 0 Å². The molecule has 6 heteroatoms. The molecule has 1 fully saturated rings. The molecule has 6 nitrogen and oxygen atoms in total. The second kappa shape index (κ2) is 10.1. The lowest BCUT2D eigenvalue weighted by molar-refractivity contribution is -0.115. The van der Waals surface area contributed by atoms with Gasteiger partial charge in [-0.15, -0.1) is 0 Å². The van der Waals surface area contributed by atoms with E-state index in [1.54, 1.807) is 12.1 Å². The van der Waals surface area contributed by atoms with Gasteiger partial charge in [0.2, 0.25) is 5.91 Å². The largest absolute Gasteiger partial charge is 0.492 e. The van der Waals surface area contributed by atoms with Crippen molar-refractivity contribution in [3.05, 3.63) is 77.9 Å². The number of benzene rings is 3. The van der Waals surface area contributed by atoms with Gasteiger partial charge in [0.25, 0.3) is 5.91 Å². The summed E-state index contributed by atoms with van der Waals surface area (Å²) >= 11 is 0. The molecule has 0 aliphatic carbocycles. The SMILES string of the molecule is O=C1Cc2c(cccc2-c2cccc(NC(=O)c3ccc(OCCN4CCCCC4)cc3)c2)N1. The number of hydrogen-bond donors (Lipinski definition) is 2. The molecule has 0 atom stereocenters. The monoisotopic (exact) mass is 455 g/mol. The molecule has 174 valence electrons. The molecule has 0 saturated carbocycles. The topological polar surface area (TPSA) is 70.7 Å². The Kier molecular flexibility index (Phi) is 6.58. The van der Waals surface area contributed by atoms with Crippen LogP contribution in [0, 0.1) is 0 Å². The molecule has 5 rings (SSSR count). The van der Waals surface area contributed by atoms with E-state index in [2.05, 4.69) is 15.5 Å². The number of carbonyl (C=O) groups is 2. The summed E-state index contributed by atoms with van der Waals surface area (Å²) in [6, 6.07) is 20.8. The second-order valence-corrected chi connectivity index (χ2v) is 8.87. The Balaban J connectivity index is 1.20. The first-order valence-corrected chi connectivity index (χ1v) is 11.9. The van der Waals surface area contributed by atoms with Crippen LogP contribution in [0.5, 0.6) is 5.75 Å². The van der Waals surface area contributed by atoms with E-state index in [1.165, 1.54) is 19.3 Å². The van der Waals surface area contributed by atoms with Crippen molar-refractivity contribution < 1.29 is 14.3 Å². The van der Waals surface area contributed by atoms with Gasteiger partial charge in [-0.1, -0.05) is 30.7 Å². The highest BCUT2D eigenvalue weighted by Gasteiger charge is 2.21. The van der Waals surface area contributed by atoms with Crippen LogP contribution in [0.15, 0.2) is 66.7 Å². The highest BCUT2D eigenvalue weighted by Crippen LogP contribution is 2.34. The first-order chi connectivity index (χ1) is 16.7. The second-order valence-electron chi connectivity index (χ2n) is 8.87. The Hall–Kier alpha value is -3.64. The van der Waals surface area contributed by atoms with Crippen molar-refractivity contribution in [3.8, 4) is 16.9 Å². The van der Waals surface area contributed by atoms with E-state index in [9.17, 15) is 9.59 Å². The summed E-state index contributed by atoms with van der Waals surface area (Å²) in [6.45, 7) is 3.91. The normalized spacial score (nSPS) is 15.5. The van der Waals surface area contributed by atoms with Gasteiger partial charge in [-0.25, -0.2) is 0 Å². The quantitative estimate of drug-likeness (QED) is 0.528. The Labute approximate surface area is 199 Å². The van der Waals surface area contributed by atoms with Crippen molar-refractivity contribution in [2.75, 3.05) is 36.9 Å². The fourth-order valence-electron chi connectivity index (χ4n) is 4.67. The van der Waals surface area contributed by atoms with Gasteiger partial charge in [0.15, 0.2) is 0 Å². The summed E-state index contributed by atoms with van der Waals surface area (Å²) in [7, 11) is 0. The number of carbonyl (C=O) groups excluding carboxylic acids is 2. The molecular formula is C28H29N3O3. The zero-order valence-corrected chi connectivity index (χ0v) is 19.2. The van der Waals surface area contributed by atoms with Crippen molar-refractivity contribution in [1.82, 2.24) is 4.90 Å². The van der Waals surface area contributed by atoms with Crippen molar-refractivity contribution >= 4 is 23.2 Å². The average molecular weight is 456 g/mol. The highest BCUT2D eigenvalue weighted by atomic mass is 16.5. The van der Waals surface area contributed by atoms with Crippen LogP contribution < -0.4 is 15.4 Å². The number of anilines is 2. The molecule has 0 aromatic heterocycles. The lowest BCUT2D eigenvalue weighted by atomic mass is 9.97. The predicted octanol–water partition coefficient (Wildman–Crippen LogP) is 4.97. The number of hydrogen-bond acceptors (Lipinski definition) is 4. The summed E-state index contributed by atoms with van der Waals surface area (Å²) in [5, 5.41) is 5.87. The molecular weight excluding hydrogens is 426 g/mol. The van der Waals surface area contributed by atoms with Crippen molar-refractivity contribution in [3.63, 3.8) is 0 Å². The van der Waals surface area contributed by atoms with Gasteiger partial charge in [-0.2, -0.15) is 0 Å². The van der Waals surface area contributed by atoms with Gasteiger partial charge in [0.1, 0.15) is 12.4 Å². The smallest absolute Gasteiger partial charge is 0.255 e. The summed E-state index contributed by atoms with van der Waals surface area (Å²) in [5.41, 5.74) is 5.09. The van der Waals surface area contributed by atoms with Gasteiger partial charge >= 0.3 is 0 Å². The van der Waals surface area contributed by atoms with Crippen molar-refractivity contribution in [2.45, 2.75) is 25.7 Å². The minimum atomic E-state index is -0.174. The van der Waals surface area contributed by atoms with Crippen LogP contribution in [0.25, 0.3) is 11.1 Å². The Morgan fingerprint density at radius 2 is 1.76 bits per heavy atom. The lowest BCUT2D eigenvalue weighted by Crippen LogP contribution is -2.33. The fraction of sp³-hybridized carbons (Fsp3) is 0.286. The molecule has 0 radical (unpaired) electrons. The van der Waals surface area contributed by atoms with Crippen LogP contribution in [0.4, 0.5) is 11.4 Å². The van der Waals surface area contributed by atoms with E-state index in [-0.39, 0.29) is 11.8 Å². The van der Waals surface area contributed by atoms with Gasteiger partial charge in [0, 0.05) is 23.5 Å². The number of fused-ring (bicyclic) bond motifs is 1. The number of amides is 2. The van der Waals surface area contributed by atoms with Crippen LogP contribution in [0.2, 0.25) is 0 Å². The summed E-state index contributed by atoms with van der Waals surface area (Å²) in [6.07, 6.45) is 4.25. The van der Waals surface area contributed by atoms with E-state index in [1.807, 2.05) is 54.6 Å². The van der Waals surface area contributed by atoms with Crippen LogP contribution in [-0.2, 0) is 11.2 Å². The van der Waals surface area contributed by atoms with Crippen LogP contribution in [0.3, 0.4) is 0 Å². The lowest BCUT2D eigenvalue weighted by Gasteiger charge is -2.26. The maximum atomic E-state index is 12.8.